The monoisotopic (exact) mass is 412 g/mol. The van der Waals surface area contributed by atoms with Gasteiger partial charge in [-0.1, -0.05) is 30.3 Å². The lowest BCUT2D eigenvalue weighted by atomic mass is 10.0. The molecular formula is C23H32N4O3. The van der Waals surface area contributed by atoms with Gasteiger partial charge in [0.1, 0.15) is 6.61 Å². The lowest BCUT2D eigenvalue weighted by molar-refractivity contribution is -0.119. The zero-order valence-electron chi connectivity index (χ0n) is 18.4. The number of nitrogens with zero attached hydrogens (tertiary/aromatic N) is 2. The Hall–Kier alpha value is -3.06. The fourth-order valence-corrected chi connectivity index (χ4v) is 3.29. The Morgan fingerprint density at radius 3 is 2.40 bits per heavy atom. The van der Waals surface area contributed by atoms with Crippen molar-refractivity contribution in [3.8, 4) is 0 Å². The minimum atomic E-state index is -0.223. The van der Waals surface area contributed by atoms with E-state index in [1.54, 1.807) is 0 Å². The molecule has 0 aliphatic rings. The van der Waals surface area contributed by atoms with E-state index in [0.29, 0.717) is 18.8 Å². The van der Waals surface area contributed by atoms with Crippen molar-refractivity contribution in [2.45, 2.75) is 26.4 Å². The summed E-state index contributed by atoms with van der Waals surface area (Å²) in [5, 5.41) is 5.75. The van der Waals surface area contributed by atoms with Crippen LogP contribution in [0, 0.1) is 0 Å². The third-order valence-corrected chi connectivity index (χ3v) is 4.80. The Balaban J connectivity index is 2.38. The van der Waals surface area contributed by atoms with Gasteiger partial charge in [0.2, 0.25) is 5.91 Å². The van der Waals surface area contributed by atoms with Gasteiger partial charge in [0, 0.05) is 39.1 Å². The smallest absolute Gasteiger partial charge is 0.318 e. The quantitative estimate of drug-likeness (QED) is 0.660. The number of nitrogens with one attached hydrogen (secondary N) is 2. The van der Waals surface area contributed by atoms with Gasteiger partial charge < -0.3 is 25.2 Å². The summed E-state index contributed by atoms with van der Waals surface area (Å²) in [6.45, 7) is 4.85. The fraction of sp³-hybridized carbons (Fsp3) is 0.391. The molecule has 7 nitrogen and oxygen atoms in total. The van der Waals surface area contributed by atoms with Crippen molar-refractivity contribution in [2.24, 2.45) is 0 Å². The van der Waals surface area contributed by atoms with Gasteiger partial charge in [0.25, 0.3) is 0 Å². The zero-order valence-corrected chi connectivity index (χ0v) is 18.4. The SMILES string of the molecule is CCNC(=O)N(Cc1cc(NC(=O)COC)ccc1N(C)C)[C@@H](C)c1ccccc1. The summed E-state index contributed by atoms with van der Waals surface area (Å²) in [5.74, 6) is -0.223. The largest absolute Gasteiger partial charge is 0.377 e. The van der Waals surface area contributed by atoms with E-state index in [9.17, 15) is 9.59 Å². The number of anilines is 2. The Kier molecular flexibility index (Phi) is 8.68. The second-order valence-electron chi connectivity index (χ2n) is 7.27. The first-order valence-electron chi connectivity index (χ1n) is 10.1. The van der Waals surface area contributed by atoms with Gasteiger partial charge in [-0.3, -0.25) is 4.79 Å². The maximum Gasteiger partial charge on any atom is 0.318 e. The van der Waals surface area contributed by atoms with Gasteiger partial charge in [-0.15, -0.1) is 0 Å². The zero-order chi connectivity index (χ0) is 22.1. The maximum atomic E-state index is 12.9. The molecule has 0 aliphatic carbocycles. The summed E-state index contributed by atoms with van der Waals surface area (Å²) >= 11 is 0. The molecule has 0 saturated carbocycles. The Bertz CT molecular complexity index is 840. The first kappa shape index (κ1) is 23.2. The van der Waals surface area contributed by atoms with Crippen molar-refractivity contribution in [3.63, 3.8) is 0 Å². The summed E-state index contributed by atoms with van der Waals surface area (Å²) in [5.41, 5.74) is 3.64. The molecule has 30 heavy (non-hydrogen) atoms. The number of amides is 3. The number of hydrogen-bond donors (Lipinski definition) is 2. The van der Waals surface area contributed by atoms with Crippen LogP contribution in [-0.4, -0.2) is 51.2 Å². The van der Waals surface area contributed by atoms with Gasteiger partial charge >= 0.3 is 6.03 Å². The molecule has 0 unspecified atom stereocenters. The molecule has 2 N–H and O–H groups in total. The second-order valence-corrected chi connectivity index (χ2v) is 7.27. The molecule has 1 atom stereocenters. The molecule has 0 bridgehead atoms. The molecule has 0 fully saturated rings. The minimum absolute atomic E-state index is 0.0131. The van der Waals surface area contributed by atoms with Crippen molar-refractivity contribution >= 4 is 23.3 Å². The van der Waals surface area contributed by atoms with Crippen LogP contribution in [0.15, 0.2) is 48.5 Å². The topological polar surface area (TPSA) is 73.9 Å². The minimum Gasteiger partial charge on any atom is -0.377 e. The highest BCUT2D eigenvalue weighted by Gasteiger charge is 2.23. The molecule has 0 heterocycles. The summed E-state index contributed by atoms with van der Waals surface area (Å²) in [6, 6.07) is 15.4. The van der Waals surface area contributed by atoms with Crippen molar-refractivity contribution in [1.29, 1.82) is 0 Å². The summed E-state index contributed by atoms with van der Waals surface area (Å²) in [6.07, 6.45) is 0. The molecular weight excluding hydrogens is 380 g/mol. The predicted molar refractivity (Wildman–Crippen MR) is 121 cm³/mol. The van der Waals surface area contributed by atoms with E-state index in [2.05, 4.69) is 10.6 Å². The molecule has 0 radical (unpaired) electrons. The summed E-state index contributed by atoms with van der Waals surface area (Å²) < 4.78 is 4.89. The molecule has 0 aliphatic heterocycles. The number of urea groups is 1. The van der Waals surface area contributed by atoms with Gasteiger partial charge in [-0.05, 0) is 43.2 Å². The molecule has 0 aromatic heterocycles. The lowest BCUT2D eigenvalue weighted by Crippen LogP contribution is -2.41. The van der Waals surface area contributed by atoms with E-state index < -0.39 is 0 Å². The molecule has 162 valence electrons. The van der Waals surface area contributed by atoms with E-state index >= 15 is 0 Å². The Labute approximate surface area is 179 Å². The highest BCUT2D eigenvalue weighted by Crippen LogP contribution is 2.28. The molecule has 2 aromatic carbocycles. The fourth-order valence-electron chi connectivity index (χ4n) is 3.29. The van der Waals surface area contributed by atoms with E-state index in [1.165, 1.54) is 7.11 Å². The number of hydrogen-bond acceptors (Lipinski definition) is 4. The van der Waals surface area contributed by atoms with Crippen LogP contribution in [0.2, 0.25) is 0 Å². The third-order valence-electron chi connectivity index (χ3n) is 4.80. The summed E-state index contributed by atoms with van der Waals surface area (Å²) in [7, 11) is 5.40. The third kappa shape index (κ3) is 6.22. The van der Waals surface area contributed by atoms with Crippen LogP contribution in [0.1, 0.15) is 31.0 Å². The number of carbonyl (C=O) groups is 2. The van der Waals surface area contributed by atoms with E-state index in [-0.39, 0.29) is 24.6 Å². The average Bonchev–Trinajstić information content (AvgIpc) is 2.72. The van der Waals surface area contributed by atoms with E-state index in [0.717, 1.165) is 16.8 Å². The van der Waals surface area contributed by atoms with Gasteiger partial charge in [-0.2, -0.15) is 0 Å². The van der Waals surface area contributed by atoms with Crippen LogP contribution in [0.25, 0.3) is 0 Å². The molecule has 0 spiro atoms. The molecule has 0 saturated heterocycles. The van der Waals surface area contributed by atoms with Crippen molar-refractivity contribution in [3.05, 3.63) is 59.7 Å². The maximum absolute atomic E-state index is 12.9. The second kappa shape index (κ2) is 11.2. The number of ether oxygens (including phenoxy) is 1. The summed E-state index contributed by atoms with van der Waals surface area (Å²) in [4.78, 5) is 28.6. The van der Waals surface area contributed by atoms with Gasteiger partial charge in [0.05, 0.1) is 12.6 Å². The number of benzene rings is 2. The van der Waals surface area contributed by atoms with Gasteiger partial charge in [0.15, 0.2) is 0 Å². The number of methoxy groups -OCH3 is 1. The Morgan fingerprint density at radius 2 is 1.80 bits per heavy atom. The predicted octanol–water partition coefficient (Wildman–Crippen LogP) is 3.63. The van der Waals surface area contributed by atoms with Crippen molar-refractivity contribution in [1.82, 2.24) is 10.2 Å². The van der Waals surface area contributed by atoms with Crippen molar-refractivity contribution < 1.29 is 14.3 Å². The van der Waals surface area contributed by atoms with Gasteiger partial charge in [-0.25, -0.2) is 4.79 Å². The molecule has 2 aromatic rings. The van der Waals surface area contributed by atoms with Crippen molar-refractivity contribution in [2.75, 3.05) is 44.6 Å². The normalized spacial score (nSPS) is 11.5. The first-order valence-corrected chi connectivity index (χ1v) is 10.1. The van der Waals surface area contributed by atoms with E-state index in [4.69, 9.17) is 4.74 Å². The van der Waals surface area contributed by atoms with Crippen LogP contribution < -0.4 is 15.5 Å². The average molecular weight is 413 g/mol. The van der Waals surface area contributed by atoms with E-state index in [1.807, 2.05) is 86.3 Å². The van der Waals surface area contributed by atoms with Crippen LogP contribution in [0.5, 0.6) is 0 Å². The number of carbonyl (C=O) groups excluding carboxylic acids is 2. The number of rotatable bonds is 9. The van der Waals surface area contributed by atoms with Crippen LogP contribution >= 0.6 is 0 Å². The molecule has 2 rings (SSSR count). The highest BCUT2D eigenvalue weighted by molar-refractivity contribution is 5.92. The van der Waals surface area contributed by atoms with Crippen LogP contribution in [0.3, 0.4) is 0 Å². The lowest BCUT2D eigenvalue weighted by Gasteiger charge is -2.31. The molecule has 7 heteroatoms. The first-order chi connectivity index (χ1) is 14.4. The van der Waals surface area contributed by atoms with Crippen LogP contribution in [-0.2, 0) is 16.1 Å². The van der Waals surface area contributed by atoms with Crippen LogP contribution in [0.4, 0.5) is 16.2 Å². The standard InChI is InChI=1S/C23H32N4O3/c1-6-24-23(29)27(17(2)18-10-8-7-9-11-18)15-19-14-20(25-22(28)16-30-5)12-13-21(19)26(3)4/h7-14,17H,6,15-16H2,1-5H3,(H,24,29)(H,25,28)/t17-/m0/s1. The Morgan fingerprint density at radius 1 is 1.10 bits per heavy atom. The highest BCUT2D eigenvalue weighted by atomic mass is 16.5. The molecule has 3 amide bonds.